The Kier molecular flexibility index (Phi) is 4.53. The molecule has 3 N–H and O–H groups in total. The number of amides is 1. The van der Waals surface area contributed by atoms with Gasteiger partial charge in [-0.2, -0.15) is 0 Å². The lowest BCUT2D eigenvalue weighted by Gasteiger charge is -2.17. The van der Waals surface area contributed by atoms with Gasteiger partial charge in [-0.15, -0.1) is 11.3 Å². The highest BCUT2D eigenvalue weighted by atomic mass is 32.1. The summed E-state index contributed by atoms with van der Waals surface area (Å²) < 4.78 is 5.46. The van der Waals surface area contributed by atoms with Gasteiger partial charge < -0.3 is 15.8 Å². The van der Waals surface area contributed by atoms with E-state index in [9.17, 15) is 4.79 Å². The van der Waals surface area contributed by atoms with E-state index in [1.54, 1.807) is 11.3 Å². The first-order valence-corrected chi connectivity index (χ1v) is 9.25. The predicted molar refractivity (Wildman–Crippen MR) is 101 cm³/mol. The van der Waals surface area contributed by atoms with Gasteiger partial charge in [0.1, 0.15) is 0 Å². The minimum atomic E-state index is -0.201. The Morgan fingerprint density at radius 1 is 1.20 bits per heavy atom. The number of carbonyl (C=O) groups excluding carboxylic acids is 1. The molecule has 25 heavy (non-hydrogen) atoms. The second kappa shape index (κ2) is 6.96. The van der Waals surface area contributed by atoms with Crippen molar-refractivity contribution in [3.8, 4) is 0 Å². The van der Waals surface area contributed by atoms with Crippen LogP contribution in [0.3, 0.4) is 0 Å². The van der Waals surface area contributed by atoms with Crippen LogP contribution in [-0.2, 0) is 17.8 Å². The van der Waals surface area contributed by atoms with Crippen molar-refractivity contribution in [2.45, 2.75) is 19.1 Å². The first kappa shape index (κ1) is 16.3. The van der Waals surface area contributed by atoms with Crippen molar-refractivity contribution in [2.24, 2.45) is 5.73 Å². The lowest BCUT2D eigenvalue weighted by molar-refractivity contribution is 0.0941. The zero-order valence-corrected chi connectivity index (χ0v) is 14.6. The van der Waals surface area contributed by atoms with Gasteiger partial charge in [-0.25, -0.2) is 0 Å². The Morgan fingerprint density at radius 3 is 2.84 bits per heavy atom. The van der Waals surface area contributed by atoms with Gasteiger partial charge in [-0.05, 0) is 34.0 Å². The minimum Gasteiger partial charge on any atom is -0.376 e. The van der Waals surface area contributed by atoms with Crippen LogP contribution in [0.1, 0.15) is 31.7 Å². The number of fused-ring (bicyclic) bond motifs is 2. The highest BCUT2D eigenvalue weighted by molar-refractivity contribution is 7.14. The van der Waals surface area contributed by atoms with Gasteiger partial charge >= 0.3 is 0 Å². The number of carbonyl (C=O) groups is 1. The molecule has 1 aliphatic rings. The molecule has 2 aromatic carbocycles. The van der Waals surface area contributed by atoms with Crippen LogP contribution in [0.4, 0.5) is 0 Å². The molecule has 0 bridgehead atoms. The topological polar surface area (TPSA) is 64.3 Å². The molecule has 1 atom stereocenters. The molecule has 4 nitrogen and oxygen atoms in total. The number of nitrogens with one attached hydrogen (secondary N) is 1. The van der Waals surface area contributed by atoms with Crippen molar-refractivity contribution in [1.82, 2.24) is 5.32 Å². The molecule has 0 aliphatic carbocycles. The van der Waals surface area contributed by atoms with E-state index in [-0.39, 0.29) is 11.9 Å². The second-order valence-corrected chi connectivity index (χ2v) is 7.37. The Bertz CT molecular complexity index is 895. The lowest BCUT2D eigenvalue weighted by atomic mass is 10.0. The predicted octanol–water partition coefficient (Wildman–Crippen LogP) is 3.40. The van der Waals surface area contributed by atoms with Crippen LogP contribution >= 0.6 is 11.3 Å². The number of thiophene rings is 1. The van der Waals surface area contributed by atoms with Gasteiger partial charge in [0.25, 0.3) is 5.91 Å². The molecule has 1 aromatic heterocycles. The third-order valence-electron chi connectivity index (χ3n) is 4.57. The molecule has 0 saturated carbocycles. The van der Waals surface area contributed by atoms with E-state index >= 15 is 0 Å². The van der Waals surface area contributed by atoms with Gasteiger partial charge in [0.15, 0.2) is 0 Å². The summed E-state index contributed by atoms with van der Waals surface area (Å²) in [6.45, 7) is 1.69. The molecule has 2 heterocycles. The number of benzene rings is 2. The number of ether oxygens (including phenoxy) is 1. The van der Waals surface area contributed by atoms with E-state index in [0.717, 1.165) is 34.4 Å². The van der Waals surface area contributed by atoms with Crippen molar-refractivity contribution < 1.29 is 9.53 Å². The fourth-order valence-corrected chi connectivity index (χ4v) is 4.24. The van der Waals surface area contributed by atoms with Crippen molar-refractivity contribution in [2.75, 3.05) is 13.2 Å². The number of rotatable bonds is 4. The Morgan fingerprint density at radius 2 is 2.04 bits per heavy atom. The van der Waals surface area contributed by atoms with Crippen molar-refractivity contribution in [1.29, 1.82) is 0 Å². The van der Waals surface area contributed by atoms with Crippen LogP contribution in [0, 0.1) is 0 Å². The van der Waals surface area contributed by atoms with Crippen LogP contribution in [0.5, 0.6) is 0 Å². The third-order valence-corrected chi connectivity index (χ3v) is 5.80. The maximum Gasteiger partial charge on any atom is 0.261 e. The first-order chi connectivity index (χ1) is 12.2. The van der Waals surface area contributed by atoms with Crippen molar-refractivity contribution >= 4 is 28.0 Å². The van der Waals surface area contributed by atoms with Gasteiger partial charge in [0.2, 0.25) is 0 Å². The molecule has 1 unspecified atom stereocenters. The number of hydrogen-bond acceptors (Lipinski definition) is 4. The average Bonchev–Trinajstić information content (AvgIpc) is 3.10. The van der Waals surface area contributed by atoms with E-state index in [4.69, 9.17) is 10.5 Å². The summed E-state index contributed by atoms with van der Waals surface area (Å²) in [5.41, 5.74) is 8.10. The van der Waals surface area contributed by atoms with Crippen LogP contribution in [0.2, 0.25) is 0 Å². The van der Waals surface area contributed by atoms with Crippen LogP contribution in [0.25, 0.3) is 10.8 Å². The normalized spacial score (nSPS) is 14.9. The third kappa shape index (κ3) is 3.31. The molecule has 3 aromatic rings. The van der Waals surface area contributed by atoms with Crippen LogP contribution in [0.15, 0.2) is 48.5 Å². The summed E-state index contributed by atoms with van der Waals surface area (Å²) in [6.07, 6.45) is 0.887. The molecule has 4 rings (SSSR count). The van der Waals surface area contributed by atoms with Gasteiger partial charge in [-0.1, -0.05) is 36.4 Å². The highest BCUT2D eigenvalue weighted by Crippen LogP contribution is 2.27. The monoisotopic (exact) mass is 352 g/mol. The van der Waals surface area contributed by atoms with Gasteiger partial charge in [0.05, 0.1) is 24.1 Å². The standard InChI is InChI=1S/C20H20N2O2S/c21-11-17(15-6-5-13-3-1-2-4-14(13)9-15)22-20(23)19-10-16-12-24-8-7-18(16)25-19/h1-6,9-10,17H,7-8,11-12,21H2,(H,22,23). The van der Waals surface area contributed by atoms with Crippen molar-refractivity contribution in [3.63, 3.8) is 0 Å². The average molecular weight is 352 g/mol. The number of nitrogens with two attached hydrogens (primary N) is 1. The summed E-state index contributed by atoms with van der Waals surface area (Å²) in [7, 11) is 0. The fraction of sp³-hybridized carbons (Fsp3) is 0.250. The van der Waals surface area contributed by atoms with Crippen molar-refractivity contribution in [3.05, 3.63) is 69.4 Å². The first-order valence-electron chi connectivity index (χ1n) is 8.43. The largest absolute Gasteiger partial charge is 0.376 e. The van der Waals surface area contributed by atoms with E-state index in [2.05, 4.69) is 29.6 Å². The Hall–Kier alpha value is -2.21. The van der Waals surface area contributed by atoms with Gasteiger partial charge in [-0.3, -0.25) is 4.79 Å². The summed E-state index contributed by atoms with van der Waals surface area (Å²) in [4.78, 5) is 14.7. The number of hydrogen-bond donors (Lipinski definition) is 2. The van der Waals surface area contributed by atoms with E-state index in [1.807, 2.05) is 24.3 Å². The van der Waals surface area contributed by atoms with Gasteiger partial charge in [0, 0.05) is 17.8 Å². The molecule has 0 radical (unpaired) electrons. The molecular weight excluding hydrogens is 332 g/mol. The SMILES string of the molecule is NCC(NC(=O)c1cc2c(s1)CCOC2)c1ccc2ccccc2c1. The lowest BCUT2D eigenvalue weighted by Crippen LogP contribution is -2.33. The molecule has 5 heteroatoms. The quantitative estimate of drug-likeness (QED) is 0.756. The van der Waals surface area contributed by atoms with Crippen LogP contribution in [-0.4, -0.2) is 19.1 Å². The van der Waals surface area contributed by atoms with E-state index in [1.165, 1.54) is 10.3 Å². The maximum atomic E-state index is 12.7. The zero-order valence-electron chi connectivity index (χ0n) is 13.8. The van der Waals surface area contributed by atoms with Crippen LogP contribution < -0.4 is 11.1 Å². The van der Waals surface area contributed by atoms with E-state index < -0.39 is 0 Å². The summed E-state index contributed by atoms with van der Waals surface area (Å²) >= 11 is 1.56. The fourth-order valence-electron chi connectivity index (χ4n) is 3.19. The summed E-state index contributed by atoms with van der Waals surface area (Å²) in [6, 6.07) is 16.1. The summed E-state index contributed by atoms with van der Waals surface area (Å²) in [5.74, 6) is -0.0667. The van der Waals surface area contributed by atoms with E-state index in [0.29, 0.717) is 13.2 Å². The molecule has 0 spiro atoms. The Balaban J connectivity index is 1.56. The molecular formula is C20H20N2O2S. The smallest absolute Gasteiger partial charge is 0.261 e. The molecule has 0 fully saturated rings. The summed E-state index contributed by atoms with van der Waals surface area (Å²) in [5, 5.41) is 5.41. The second-order valence-electron chi connectivity index (χ2n) is 6.23. The molecule has 0 saturated heterocycles. The molecule has 128 valence electrons. The molecule has 1 amide bonds. The Labute approximate surface area is 150 Å². The minimum absolute atomic E-state index is 0.0667. The zero-order chi connectivity index (χ0) is 17.2. The highest BCUT2D eigenvalue weighted by Gasteiger charge is 2.20. The maximum absolute atomic E-state index is 12.7. The molecule has 1 aliphatic heterocycles.